The number of fused-ring (bicyclic) bond motifs is 2. The smallest absolute Gasteiger partial charge is 0.404 e. The third-order valence-corrected chi connectivity index (χ3v) is 5.80. The molecule has 0 unspecified atom stereocenters. The summed E-state index contributed by atoms with van der Waals surface area (Å²) in [7, 11) is 0. The van der Waals surface area contributed by atoms with Gasteiger partial charge in [0.05, 0.1) is 28.5 Å². The second-order valence-electron chi connectivity index (χ2n) is 8.04. The van der Waals surface area contributed by atoms with Gasteiger partial charge in [0.15, 0.2) is 0 Å². The van der Waals surface area contributed by atoms with Crippen LogP contribution in [0, 0.1) is 13.8 Å². The number of carboxylic acid groups (broad SMARTS) is 1. The molecule has 0 radical (unpaired) electrons. The maximum absolute atomic E-state index is 12.8. The summed E-state index contributed by atoms with van der Waals surface area (Å²) in [5.74, 6) is 0. The quantitative estimate of drug-likeness (QED) is 0.494. The monoisotopic (exact) mass is 418 g/mol. The lowest BCUT2D eigenvalue weighted by molar-refractivity contribution is 0.191. The van der Waals surface area contributed by atoms with Crippen LogP contribution in [0.3, 0.4) is 0 Å². The van der Waals surface area contributed by atoms with Gasteiger partial charge in [-0.15, -0.1) is 0 Å². The van der Waals surface area contributed by atoms with Crippen LogP contribution in [0.15, 0.2) is 51.9 Å². The van der Waals surface area contributed by atoms with Crippen LogP contribution in [-0.4, -0.2) is 39.7 Å². The van der Waals surface area contributed by atoms with E-state index in [0.717, 1.165) is 46.5 Å². The standard InChI is InChI=1S/C23H22N4O4/c1-13-10-27-11-16(8-20(27)14(2)24-13)19-7-15-3-4-18(9-21(15)31-22(19)28)26-6-5-17(12-26)25-23(29)30/h3-4,7-11,17,25H,5-6,12H2,1-2H3,(H,29,30)/t17-/m0/s1. The van der Waals surface area contributed by atoms with Crippen molar-refractivity contribution in [2.24, 2.45) is 0 Å². The lowest BCUT2D eigenvalue weighted by Gasteiger charge is -2.19. The van der Waals surface area contributed by atoms with Gasteiger partial charge in [0.1, 0.15) is 5.58 Å². The normalized spacial score (nSPS) is 16.3. The van der Waals surface area contributed by atoms with Crippen LogP contribution in [0.25, 0.3) is 27.6 Å². The van der Waals surface area contributed by atoms with Gasteiger partial charge in [-0.3, -0.25) is 4.98 Å². The predicted molar refractivity (Wildman–Crippen MR) is 118 cm³/mol. The molecule has 1 aromatic carbocycles. The summed E-state index contributed by atoms with van der Waals surface area (Å²) in [6.07, 6.45) is 3.58. The van der Waals surface area contributed by atoms with Crippen molar-refractivity contribution in [3.8, 4) is 11.1 Å². The first kappa shape index (κ1) is 19.2. The average Bonchev–Trinajstić information content (AvgIpc) is 3.33. The summed E-state index contributed by atoms with van der Waals surface area (Å²) in [6, 6.07) is 9.46. The molecule has 4 heterocycles. The predicted octanol–water partition coefficient (Wildman–Crippen LogP) is 3.57. The summed E-state index contributed by atoms with van der Waals surface area (Å²) in [4.78, 5) is 30.2. The number of carbonyl (C=O) groups is 1. The van der Waals surface area contributed by atoms with E-state index in [-0.39, 0.29) is 6.04 Å². The number of nitrogens with one attached hydrogen (secondary N) is 1. The highest BCUT2D eigenvalue weighted by Crippen LogP contribution is 2.28. The van der Waals surface area contributed by atoms with Crippen molar-refractivity contribution in [1.29, 1.82) is 0 Å². The molecule has 1 saturated heterocycles. The Labute approximate surface area is 177 Å². The number of rotatable bonds is 3. The molecule has 0 aliphatic carbocycles. The number of aromatic nitrogens is 2. The zero-order chi connectivity index (χ0) is 21.7. The first-order chi connectivity index (χ1) is 14.9. The van der Waals surface area contributed by atoms with Crippen molar-refractivity contribution in [3.63, 3.8) is 0 Å². The van der Waals surface area contributed by atoms with E-state index in [0.29, 0.717) is 17.7 Å². The lowest BCUT2D eigenvalue weighted by Crippen LogP contribution is -2.36. The Morgan fingerprint density at radius 3 is 2.87 bits per heavy atom. The minimum absolute atomic E-state index is 0.104. The van der Waals surface area contributed by atoms with E-state index in [1.165, 1.54) is 0 Å². The summed E-state index contributed by atoms with van der Waals surface area (Å²) in [6.45, 7) is 5.22. The fourth-order valence-corrected chi connectivity index (χ4v) is 4.36. The van der Waals surface area contributed by atoms with E-state index >= 15 is 0 Å². The van der Waals surface area contributed by atoms with Crippen molar-refractivity contribution in [2.75, 3.05) is 18.0 Å². The number of aryl methyl sites for hydroxylation is 2. The fraction of sp³-hybridized carbons (Fsp3) is 0.261. The van der Waals surface area contributed by atoms with Crippen LogP contribution in [0.2, 0.25) is 0 Å². The maximum Gasteiger partial charge on any atom is 0.404 e. The van der Waals surface area contributed by atoms with Crippen LogP contribution in [0.1, 0.15) is 17.8 Å². The van der Waals surface area contributed by atoms with Crippen molar-refractivity contribution < 1.29 is 14.3 Å². The summed E-state index contributed by atoms with van der Waals surface area (Å²) in [5.41, 5.74) is 5.09. The zero-order valence-corrected chi connectivity index (χ0v) is 17.3. The topological polar surface area (TPSA) is 100 Å². The second-order valence-corrected chi connectivity index (χ2v) is 8.04. The fourth-order valence-electron chi connectivity index (χ4n) is 4.36. The largest absolute Gasteiger partial charge is 0.465 e. The summed E-state index contributed by atoms with van der Waals surface area (Å²) < 4.78 is 7.65. The van der Waals surface area contributed by atoms with Crippen molar-refractivity contribution >= 4 is 28.3 Å². The molecule has 2 N–H and O–H groups in total. The third kappa shape index (κ3) is 3.50. The highest BCUT2D eigenvalue weighted by Gasteiger charge is 2.24. The first-order valence-corrected chi connectivity index (χ1v) is 10.2. The minimum Gasteiger partial charge on any atom is -0.465 e. The molecule has 0 bridgehead atoms. The van der Waals surface area contributed by atoms with Gasteiger partial charge in [0, 0.05) is 48.2 Å². The van der Waals surface area contributed by atoms with E-state index in [2.05, 4.69) is 15.2 Å². The molecular weight excluding hydrogens is 396 g/mol. The number of amides is 1. The van der Waals surface area contributed by atoms with Crippen LogP contribution in [0.4, 0.5) is 10.5 Å². The Balaban J connectivity index is 1.49. The molecule has 3 aromatic heterocycles. The summed E-state index contributed by atoms with van der Waals surface area (Å²) in [5, 5.41) is 12.3. The Morgan fingerprint density at radius 2 is 2.06 bits per heavy atom. The lowest BCUT2D eigenvalue weighted by atomic mass is 10.1. The molecule has 0 spiro atoms. The second kappa shape index (κ2) is 7.16. The number of nitrogens with zero attached hydrogens (tertiary/aromatic N) is 3. The van der Waals surface area contributed by atoms with Crippen LogP contribution in [-0.2, 0) is 0 Å². The third-order valence-electron chi connectivity index (χ3n) is 5.80. The molecule has 5 rings (SSSR count). The van der Waals surface area contributed by atoms with Gasteiger partial charge in [-0.2, -0.15) is 0 Å². The SMILES string of the molecule is Cc1cn2cc(-c3cc4ccc(N5CC[C@H](NC(=O)O)C5)cc4oc3=O)cc2c(C)n1. The molecule has 0 saturated carbocycles. The molecule has 158 valence electrons. The van der Waals surface area contributed by atoms with E-state index in [1.807, 2.05) is 61.0 Å². The molecule has 8 nitrogen and oxygen atoms in total. The number of hydrogen-bond acceptors (Lipinski definition) is 5. The van der Waals surface area contributed by atoms with E-state index in [4.69, 9.17) is 9.52 Å². The van der Waals surface area contributed by atoms with Gasteiger partial charge in [-0.1, -0.05) is 0 Å². The van der Waals surface area contributed by atoms with Crippen LogP contribution < -0.4 is 15.8 Å². The Hall–Kier alpha value is -3.81. The van der Waals surface area contributed by atoms with Crippen LogP contribution in [0.5, 0.6) is 0 Å². The Bertz CT molecular complexity index is 1390. The average molecular weight is 418 g/mol. The van der Waals surface area contributed by atoms with Crippen molar-refractivity contribution in [3.05, 3.63) is 64.5 Å². The zero-order valence-electron chi connectivity index (χ0n) is 17.3. The molecule has 1 aliphatic heterocycles. The maximum atomic E-state index is 12.8. The van der Waals surface area contributed by atoms with Gasteiger partial charge < -0.3 is 24.1 Å². The number of anilines is 1. The van der Waals surface area contributed by atoms with Crippen LogP contribution >= 0.6 is 0 Å². The summed E-state index contributed by atoms with van der Waals surface area (Å²) >= 11 is 0. The molecule has 1 aliphatic rings. The number of benzene rings is 1. The molecule has 1 amide bonds. The first-order valence-electron chi connectivity index (χ1n) is 10.2. The molecule has 31 heavy (non-hydrogen) atoms. The van der Waals surface area contributed by atoms with Gasteiger partial charge in [0.25, 0.3) is 0 Å². The molecule has 8 heteroatoms. The molecule has 4 aromatic rings. The number of hydrogen-bond donors (Lipinski definition) is 2. The highest BCUT2D eigenvalue weighted by atomic mass is 16.4. The Kier molecular flexibility index (Phi) is 4.43. The molecule has 1 atom stereocenters. The van der Waals surface area contributed by atoms with Gasteiger partial charge >= 0.3 is 11.7 Å². The Morgan fingerprint density at radius 1 is 1.23 bits per heavy atom. The van der Waals surface area contributed by atoms with E-state index in [9.17, 15) is 9.59 Å². The van der Waals surface area contributed by atoms with Crippen molar-refractivity contribution in [1.82, 2.24) is 14.7 Å². The van der Waals surface area contributed by atoms with Crippen molar-refractivity contribution in [2.45, 2.75) is 26.3 Å². The van der Waals surface area contributed by atoms with E-state index in [1.54, 1.807) is 0 Å². The minimum atomic E-state index is -1.01. The van der Waals surface area contributed by atoms with E-state index < -0.39 is 11.7 Å². The van der Waals surface area contributed by atoms with Gasteiger partial charge in [-0.05, 0) is 44.5 Å². The molecule has 1 fully saturated rings. The molecular formula is C23H22N4O4. The van der Waals surface area contributed by atoms with Gasteiger partial charge in [-0.25, -0.2) is 9.59 Å². The van der Waals surface area contributed by atoms with Gasteiger partial charge in [0.2, 0.25) is 0 Å². The highest BCUT2D eigenvalue weighted by molar-refractivity contribution is 5.85.